The van der Waals surface area contributed by atoms with E-state index in [1.54, 1.807) is 0 Å². The molecular formula is C9H17N3OS. The largest absolute Gasteiger partial charge is 0.396 e. The minimum atomic E-state index is 0.276. The number of aliphatic hydroxyl groups excluding tert-OH is 1. The lowest BCUT2D eigenvalue weighted by atomic mass is 10.1. The molecule has 14 heavy (non-hydrogen) atoms. The van der Waals surface area contributed by atoms with Gasteiger partial charge in [-0.05, 0) is 25.7 Å². The van der Waals surface area contributed by atoms with Gasteiger partial charge in [-0.3, -0.25) is 0 Å². The zero-order valence-corrected chi connectivity index (χ0v) is 9.47. The van der Waals surface area contributed by atoms with Crippen molar-refractivity contribution in [2.24, 2.45) is 5.92 Å². The molecule has 1 unspecified atom stereocenters. The SMILES string of the molecule is Cc1nsc(NCCCC(C)CO)n1. The molecule has 0 amide bonds. The predicted octanol–water partition coefficient (Wildman–Crippen LogP) is 1.67. The van der Waals surface area contributed by atoms with Crippen LogP contribution in [-0.2, 0) is 0 Å². The van der Waals surface area contributed by atoms with Crippen molar-refractivity contribution in [1.29, 1.82) is 0 Å². The zero-order valence-electron chi connectivity index (χ0n) is 8.66. The highest BCUT2D eigenvalue weighted by atomic mass is 32.1. The van der Waals surface area contributed by atoms with E-state index in [1.165, 1.54) is 11.5 Å². The molecule has 0 radical (unpaired) electrons. The highest BCUT2D eigenvalue weighted by Gasteiger charge is 2.01. The molecule has 5 heteroatoms. The Bertz CT molecular complexity index is 264. The quantitative estimate of drug-likeness (QED) is 0.709. The van der Waals surface area contributed by atoms with E-state index < -0.39 is 0 Å². The second-order valence-electron chi connectivity index (χ2n) is 3.50. The summed E-state index contributed by atoms with van der Waals surface area (Å²) in [7, 11) is 0. The van der Waals surface area contributed by atoms with E-state index in [2.05, 4.69) is 21.6 Å². The molecule has 4 nitrogen and oxygen atoms in total. The molecule has 1 heterocycles. The molecule has 0 aliphatic heterocycles. The third-order valence-electron chi connectivity index (χ3n) is 1.99. The highest BCUT2D eigenvalue weighted by Crippen LogP contribution is 2.10. The molecule has 0 saturated heterocycles. The van der Waals surface area contributed by atoms with Crippen molar-refractivity contribution in [2.45, 2.75) is 26.7 Å². The lowest BCUT2D eigenvalue weighted by Crippen LogP contribution is -2.06. The standard InChI is InChI=1S/C9H17N3OS/c1-7(6-13)4-3-5-10-9-11-8(2)12-14-9/h7,13H,3-6H2,1-2H3,(H,10,11,12). The number of hydrogen-bond donors (Lipinski definition) is 2. The van der Waals surface area contributed by atoms with Crippen molar-refractivity contribution in [2.75, 3.05) is 18.5 Å². The fraction of sp³-hybridized carbons (Fsp3) is 0.778. The van der Waals surface area contributed by atoms with E-state index in [0.29, 0.717) is 5.92 Å². The summed E-state index contributed by atoms with van der Waals surface area (Å²) in [4.78, 5) is 4.19. The van der Waals surface area contributed by atoms with Gasteiger partial charge in [0.1, 0.15) is 5.82 Å². The Hall–Kier alpha value is -0.680. The summed E-state index contributed by atoms with van der Waals surface area (Å²) in [5, 5.41) is 12.9. The summed E-state index contributed by atoms with van der Waals surface area (Å²) >= 11 is 1.39. The summed E-state index contributed by atoms with van der Waals surface area (Å²) in [5.41, 5.74) is 0. The Kier molecular flexibility index (Phi) is 4.82. The van der Waals surface area contributed by atoms with Crippen LogP contribution in [0.2, 0.25) is 0 Å². The van der Waals surface area contributed by atoms with E-state index in [0.717, 1.165) is 30.3 Å². The average molecular weight is 215 g/mol. The van der Waals surface area contributed by atoms with Crippen LogP contribution in [-0.4, -0.2) is 27.6 Å². The van der Waals surface area contributed by atoms with Gasteiger partial charge in [0, 0.05) is 24.7 Å². The molecular weight excluding hydrogens is 198 g/mol. The molecule has 0 fully saturated rings. The van der Waals surface area contributed by atoms with E-state index in [1.807, 2.05) is 6.92 Å². The molecule has 0 aliphatic rings. The molecule has 0 saturated carbocycles. The summed E-state index contributed by atoms with van der Waals surface area (Å²) < 4.78 is 4.07. The summed E-state index contributed by atoms with van der Waals surface area (Å²) in [5.74, 6) is 1.22. The van der Waals surface area contributed by atoms with E-state index in [-0.39, 0.29) is 6.61 Å². The Balaban J connectivity index is 2.10. The summed E-state index contributed by atoms with van der Waals surface area (Å²) in [6.07, 6.45) is 2.10. The predicted molar refractivity (Wildman–Crippen MR) is 58.6 cm³/mol. The molecule has 1 rings (SSSR count). The Morgan fingerprint density at radius 1 is 1.57 bits per heavy atom. The normalized spacial score (nSPS) is 12.8. The van der Waals surface area contributed by atoms with Gasteiger partial charge < -0.3 is 10.4 Å². The van der Waals surface area contributed by atoms with Gasteiger partial charge in [0.05, 0.1) is 0 Å². The molecule has 0 spiro atoms. The summed E-state index contributed by atoms with van der Waals surface area (Å²) in [6.45, 7) is 5.11. The van der Waals surface area contributed by atoms with Crippen molar-refractivity contribution in [3.63, 3.8) is 0 Å². The average Bonchev–Trinajstić information content (AvgIpc) is 2.58. The maximum atomic E-state index is 8.81. The van der Waals surface area contributed by atoms with Crippen LogP contribution in [0.1, 0.15) is 25.6 Å². The number of anilines is 1. The van der Waals surface area contributed by atoms with Crippen molar-refractivity contribution in [3.8, 4) is 0 Å². The summed E-state index contributed by atoms with van der Waals surface area (Å²) in [6, 6.07) is 0. The van der Waals surface area contributed by atoms with Gasteiger partial charge in [-0.25, -0.2) is 4.98 Å². The first-order valence-corrected chi connectivity index (χ1v) is 5.64. The number of nitrogens with zero attached hydrogens (tertiary/aromatic N) is 2. The lowest BCUT2D eigenvalue weighted by Gasteiger charge is -2.06. The van der Waals surface area contributed by atoms with Gasteiger partial charge in [0.15, 0.2) is 0 Å². The number of rotatable bonds is 6. The topological polar surface area (TPSA) is 58.0 Å². The Morgan fingerprint density at radius 3 is 2.93 bits per heavy atom. The van der Waals surface area contributed by atoms with E-state index in [9.17, 15) is 0 Å². The van der Waals surface area contributed by atoms with Gasteiger partial charge in [-0.1, -0.05) is 6.92 Å². The molecule has 0 aliphatic carbocycles. The Morgan fingerprint density at radius 2 is 2.36 bits per heavy atom. The second kappa shape index (κ2) is 5.93. The zero-order chi connectivity index (χ0) is 10.4. The molecule has 0 bridgehead atoms. The number of nitrogens with one attached hydrogen (secondary N) is 1. The van der Waals surface area contributed by atoms with Crippen molar-refractivity contribution >= 4 is 16.7 Å². The van der Waals surface area contributed by atoms with Gasteiger partial charge in [0.25, 0.3) is 0 Å². The second-order valence-corrected chi connectivity index (χ2v) is 4.26. The van der Waals surface area contributed by atoms with Gasteiger partial charge in [-0.2, -0.15) is 4.37 Å². The maximum Gasteiger partial charge on any atom is 0.202 e. The van der Waals surface area contributed by atoms with Gasteiger partial charge >= 0.3 is 0 Å². The number of aromatic nitrogens is 2. The smallest absolute Gasteiger partial charge is 0.202 e. The monoisotopic (exact) mass is 215 g/mol. The molecule has 1 aromatic heterocycles. The van der Waals surface area contributed by atoms with Crippen LogP contribution < -0.4 is 5.32 Å². The first-order valence-electron chi connectivity index (χ1n) is 4.87. The van der Waals surface area contributed by atoms with Crippen molar-refractivity contribution in [3.05, 3.63) is 5.82 Å². The van der Waals surface area contributed by atoms with Crippen molar-refractivity contribution in [1.82, 2.24) is 9.36 Å². The van der Waals surface area contributed by atoms with Gasteiger partial charge in [0.2, 0.25) is 5.13 Å². The van der Waals surface area contributed by atoms with E-state index in [4.69, 9.17) is 5.11 Å². The number of aliphatic hydroxyl groups is 1. The molecule has 1 aromatic rings. The van der Waals surface area contributed by atoms with Gasteiger partial charge in [-0.15, -0.1) is 0 Å². The van der Waals surface area contributed by atoms with Crippen LogP contribution in [0, 0.1) is 12.8 Å². The highest BCUT2D eigenvalue weighted by molar-refractivity contribution is 7.09. The fourth-order valence-corrected chi connectivity index (χ4v) is 1.70. The van der Waals surface area contributed by atoms with Crippen LogP contribution in [0.15, 0.2) is 0 Å². The van der Waals surface area contributed by atoms with E-state index >= 15 is 0 Å². The fourth-order valence-electron chi connectivity index (χ4n) is 1.11. The first kappa shape index (κ1) is 11.4. The first-order chi connectivity index (χ1) is 6.72. The number of hydrogen-bond acceptors (Lipinski definition) is 5. The maximum absolute atomic E-state index is 8.81. The molecule has 2 N–H and O–H groups in total. The molecule has 1 atom stereocenters. The third-order valence-corrected chi connectivity index (χ3v) is 2.75. The molecule has 0 aromatic carbocycles. The Labute approximate surface area is 88.6 Å². The minimum Gasteiger partial charge on any atom is -0.396 e. The van der Waals surface area contributed by atoms with Crippen molar-refractivity contribution < 1.29 is 5.11 Å². The van der Waals surface area contributed by atoms with Crippen LogP contribution in [0.3, 0.4) is 0 Å². The van der Waals surface area contributed by atoms with Crippen LogP contribution in [0.4, 0.5) is 5.13 Å². The van der Waals surface area contributed by atoms with Crippen LogP contribution in [0.5, 0.6) is 0 Å². The van der Waals surface area contributed by atoms with Crippen LogP contribution in [0.25, 0.3) is 0 Å². The molecule has 80 valence electrons. The number of aryl methyl sites for hydroxylation is 1. The lowest BCUT2D eigenvalue weighted by molar-refractivity contribution is 0.229. The minimum absolute atomic E-state index is 0.276. The third kappa shape index (κ3) is 4.02. The van der Waals surface area contributed by atoms with Crippen LogP contribution >= 0.6 is 11.5 Å².